The van der Waals surface area contributed by atoms with Gasteiger partial charge in [0.1, 0.15) is 18.1 Å². The third kappa shape index (κ3) is 4.99. The number of hydrogen-bond donors (Lipinski definition) is 1. The zero-order valence-corrected chi connectivity index (χ0v) is 15.1. The molecule has 1 unspecified atom stereocenters. The van der Waals surface area contributed by atoms with E-state index in [1.807, 2.05) is 49.4 Å². The molecule has 1 amide bonds. The Bertz CT molecular complexity index is 725. The monoisotopic (exact) mass is 355 g/mol. The number of anilines is 1. The topological polar surface area (TPSA) is 56.8 Å². The van der Waals surface area contributed by atoms with E-state index < -0.39 is 0 Å². The number of benzene rings is 2. The highest BCUT2D eigenvalue weighted by Crippen LogP contribution is 2.23. The van der Waals surface area contributed by atoms with Gasteiger partial charge in [0.15, 0.2) is 0 Å². The second-order valence-corrected chi connectivity index (χ2v) is 6.27. The molecule has 138 valence electrons. The van der Waals surface area contributed by atoms with Crippen LogP contribution in [0.25, 0.3) is 0 Å². The fourth-order valence-electron chi connectivity index (χ4n) is 2.82. The highest BCUT2D eigenvalue weighted by atomic mass is 16.5. The van der Waals surface area contributed by atoms with Crippen LogP contribution >= 0.6 is 0 Å². The Kier molecular flexibility index (Phi) is 6.50. The Labute approximate surface area is 154 Å². The van der Waals surface area contributed by atoms with Crippen LogP contribution in [0.15, 0.2) is 48.5 Å². The molecule has 0 aliphatic carbocycles. The largest absolute Gasteiger partial charge is 0.493 e. The van der Waals surface area contributed by atoms with Crippen molar-refractivity contribution in [2.75, 3.05) is 25.1 Å². The van der Waals surface area contributed by atoms with Crippen LogP contribution in [0.5, 0.6) is 11.5 Å². The maximum atomic E-state index is 12.6. The van der Waals surface area contributed by atoms with Gasteiger partial charge < -0.3 is 19.5 Å². The highest BCUT2D eigenvalue weighted by molar-refractivity contribution is 6.06. The minimum absolute atomic E-state index is 0.163. The molecule has 0 spiro atoms. The van der Waals surface area contributed by atoms with E-state index in [2.05, 4.69) is 5.32 Å². The van der Waals surface area contributed by atoms with E-state index in [1.54, 1.807) is 6.07 Å². The number of carbonyl (C=O) groups is 1. The lowest BCUT2D eigenvalue weighted by molar-refractivity contribution is 0.0680. The van der Waals surface area contributed by atoms with Crippen molar-refractivity contribution in [3.63, 3.8) is 0 Å². The SMILES string of the molecule is CCCOc1ccccc1C(=O)Nc1cccc(OCC2CCCO2)c1. The molecule has 5 heteroatoms. The molecule has 5 nitrogen and oxygen atoms in total. The lowest BCUT2D eigenvalue weighted by Gasteiger charge is -2.13. The van der Waals surface area contributed by atoms with Crippen molar-refractivity contribution in [1.82, 2.24) is 0 Å². The van der Waals surface area contributed by atoms with Crippen LogP contribution in [0.4, 0.5) is 5.69 Å². The molecule has 1 N–H and O–H groups in total. The number of hydrogen-bond acceptors (Lipinski definition) is 4. The number of rotatable bonds is 8. The van der Waals surface area contributed by atoms with Crippen LogP contribution in [0.1, 0.15) is 36.5 Å². The molecule has 1 heterocycles. The van der Waals surface area contributed by atoms with Crippen LogP contribution in [0.3, 0.4) is 0 Å². The van der Waals surface area contributed by atoms with Crippen molar-refractivity contribution in [3.05, 3.63) is 54.1 Å². The first-order valence-corrected chi connectivity index (χ1v) is 9.14. The predicted octanol–water partition coefficient (Wildman–Crippen LogP) is 4.29. The maximum absolute atomic E-state index is 12.6. The standard InChI is InChI=1S/C21H25NO4/c1-2-12-25-20-11-4-3-10-19(20)21(23)22-16-7-5-8-17(14-16)26-15-18-9-6-13-24-18/h3-5,7-8,10-11,14,18H,2,6,9,12-13,15H2,1H3,(H,22,23). The Morgan fingerprint density at radius 1 is 1.19 bits per heavy atom. The molecule has 26 heavy (non-hydrogen) atoms. The molecule has 0 radical (unpaired) electrons. The first-order valence-electron chi connectivity index (χ1n) is 9.14. The molecule has 2 aromatic rings. The first-order chi connectivity index (χ1) is 12.8. The third-order valence-electron chi connectivity index (χ3n) is 4.15. The summed E-state index contributed by atoms with van der Waals surface area (Å²) in [6, 6.07) is 14.7. The van der Waals surface area contributed by atoms with E-state index in [4.69, 9.17) is 14.2 Å². The Hall–Kier alpha value is -2.53. The molecular weight excluding hydrogens is 330 g/mol. The molecule has 0 saturated carbocycles. The molecule has 1 saturated heterocycles. The molecule has 1 aliphatic heterocycles. The van der Waals surface area contributed by atoms with Crippen LogP contribution in [-0.4, -0.2) is 31.8 Å². The van der Waals surface area contributed by atoms with Gasteiger partial charge in [-0.25, -0.2) is 0 Å². The number of ether oxygens (including phenoxy) is 3. The second-order valence-electron chi connectivity index (χ2n) is 6.27. The van der Waals surface area contributed by atoms with E-state index in [-0.39, 0.29) is 12.0 Å². The van der Waals surface area contributed by atoms with E-state index in [0.717, 1.165) is 25.9 Å². The lowest BCUT2D eigenvalue weighted by Crippen LogP contribution is -2.16. The van der Waals surface area contributed by atoms with Crippen LogP contribution < -0.4 is 14.8 Å². The maximum Gasteiger partial charge on any atom is 0.259 e. The summed E-state index contributed by atoms with van der Waals surface area (Å²) in [5.41, 5.74) is 1.21. The minimum Gasteiger partial charge on any atom is -0.493 e. The van der Waals surface area contributed by atoms with Gasteiger partial charge in [0.2, 0.25) is 0 Å². The lowest BCUT2D eigenvalue weighted by atomic mass is 10.2. The van der Waals surface area contributed by atoms with Gasteiger partial charge >= 0.3 is 0 Å². The summed E-state index contributed by atoms with van der Waals surface area (Å²) in [7, 11) is 0. The number of para-hydroxylation sites is 1. The zero-order valence-electron chi connectivity index (χ0n) is 15.1. The van der Waals surface area contributed by atoms with Crippen LogP contribution in [0, 0.1) is 0 Å². The summed E-state index contributed by atoms with van der Waals surface area (Å²) in [5.74, 6) is 1.11. The Morgan fingerprint density at radius 3 is 2.88 bits per heavy atom. The van der Waals surface area contributed by atoms with Gasteiger partial charge in [0.25, 0.3) is 5.91 Å². The molecule has 0 bridgehead atoms. The van der Waals surface area contributed by atoms with E-state index in [0.29, 0.717) is 36.0 Å². The summed E-state index contributed by atoms with van der Waals surface area (Å²) in [6.07, 6.45) is 3.17. The van der Waals surface area contributed by atoms with Gasteiger partial charge in [0.05, 0.1) is 18.3 Å². The van der Waals surface area contributed by atoms with Crippen molar-refractivity contribution in [3.8, 4) is 11.5 Å². The average Bonchev–Trinajstić information content (AvgIpc) is 3.19. The Morgan fingerprint density at radius 2 is 2.08 bits per heavy atom. The van der Waals surface area contributed by atoms with E-state index in [9.17, 15) is 4.79 Å². The van der Waals surface area contributed by atoms with Gasteiger partial charge in [-0.1, -0.05) is 25.1 Å². The van der Waals surface area contributed by atoms with Gasteiger partial charge in [-0.15, -0.1) is 0 Å². The molecule has 3 rings (SSSR count). The van der Waals surface area contributed by atoms with Crippen molar-refractivity contribution < 1.29 is 19.0 Å². The molecule has 0 aromatic heterocycles. The normalized spacial score (nSPS) is 16.3. The number of nitrogens with one attached hydrogen (secondary N) is 1. The van der Waals surface area contributed by atoms with Gasteiger partial charge in [0, 0.05) is 18.4 Å². The number of carbonyl (C=O) groups excluding carboxylic acids is 1. The van der Waals surface area contributed by atoms with Crippen molar-refractivity contribution >= 4 is 11.6 Å². The quantitative estimate of drug-likeness (QED) is 0.768. The van der Waals surface area contributed by atoms with Gasteiger partial charge in [-0.2, -0.15) is 0 Å². The Balaban J connectivity index is 1.63. The molecule has 1 atom stereocenters. The summed E-state index contributed by atoms with van der Waals surface area (Å²) in [4.78, 5) is 12.6. The van der Waals surface area contributed by atoms with Gasteiger partial charge in [-0.05, 0) is 43.5 Å². The molecular formula is C21H25NO4. The van der Waals surface area contributed by atoms with E-state index >= 15 is 0 Å². The summed E-state index contributed by atoms with van der Waals surface area (Å²) in [5, 5.41) is 2.91. The summed E-state index contributed by atoms with van der Waals surface area (Å²) < 4.78 is 17.0. The third-order valence-corrected chi connectivity index (χ3v) is 4.15. The van der Waals surface area contributed by atoms with Crippen molar-refractivity contribution in [1.29, 1.82) is 0 Å². The zero-order chi connectivity index (χ0) is 18.2. The average molecular weight is 355 g/mol. The smallest absolute Gasteiger partial charge is 0.259 e. The number of amides is 1. The highest BCUT2D eigenvalue weighted by Gasteiger charge is 2.16. The van der Waals surface area contributed by atoms with Crippen LogP contribution in [0.2, 0.25) is 0 Å². The summed E-state index contributed by atoms with van der Waals surface area (Å²) >= 11 is 0. The molecule has 1 aliphatic rings. The van der Waals surface area contributed by atoms with Crippen molar-refractivity contribution in [2.24, 2.45) is 0 Å². The second kappa shape index (κ2) is 9.25. The summed E-state index contributed by atoms with van der Waals surface area (Å²) in [6.45, 7) is 3.95. The molecule has 1 fully saturated rings. The predicted molar refractivity (Wildman–Crippen MR) is 101 cm³/mol. The van der Waals surface area contributed by atoms with Gasteiger partial charge in [-0.3, -0.25) is 4.79 Å². The fourth-order valence-corrected chi connectivity index (χ4v) is 2.82. The minimum atomic E-state index is -0.201. The first kappa shape index (κ1) is 18.3. The van der Waals surface area contributed by atoms with Crippen molar-refractivity contribution in [2.45, 2.75) is 32.3 Å². The van der Waals surface area contributed by atoms with Crippen LogP contribution in [-0.2, 0) is 4.74 Å². The molecule has 2 aromatic carbocycles. The fraction of sp³-hybridized carbons (Fsp3) is 0.381. The van der Waals surface area contributed by atoms with E-state index in [1.165, 1.54) is 0 Å².